The Morgan fingerprint density at radius 3 is 2.17 bits per heavy atom. The van der Waals surface area contributed by atoms with Crippen LogP contribution in [-0.2, 0) is 19.1 Å². The van der Waals surface area contributed by atoms with Crippen LogP contribution in [0.1, 0.15) is 46.5 Å². The highest BCUT2D eigenvalue weighted by molar-refractivity contribution is 5.86. The van der Waals surface area contributed by atoms with E-state index < -0.39 is 0 Å². The van der Waals surface area contributed by atoms with Crippen molar-refractivity contribution in [3.63, 3.8) is 0 Å². The van der Waals surface area contributed by atoms with Gasteiger partial charge in [0.2, 0.25) is 11.8 Å². The molecule has 0 radical (unpaired) electrons. The molecule has 0 aromatic heterocycles. The molecule has 132 valence electrons. The van der Waals surface area contributed by atoms with Crippen molar-refractivity contribution in [1.29, 1.82) is 0 Å². The summed E-state index contributed by atoms with van der Waals surface area (Å²) >= 11 is 0. The van der Waals surface area contributed by atoms with E-state index in [9.17, 15) is 14.4 Å². The van der Waals surface area contributed by atoms with Gasteiger partial charge in [0.05, 0.1) is 19.1 Å². The third kappa shape index (κ3) is 5.52. The summed E-state index contributed by atoms with van der Waals surface area (Å²) in [4.78, 5) is 39.5. The molecule has 23 heavy (non-hydrogen) atoms. The summed E-state index contributed by atoms with van der Waals surface area (Å²) in [6.45, 7) is 7.37. The predicted octanol–water partition coefficient (Wildman–Crippen LogP) is 1.68. The number of hydrogen-bond donors (Lipinski definition) is 0. The van der Waals surface area contributed by atoms with Gasteiger partial charge in [0.1, 0.15) is 0 Å². The maximum Gasteiger partial charge on any atom is 0.309 e. The number of carbonyl (C=O) groups is 3. The molecule has 1 heterocycles. The van der Waals surface area contributed by atoms with E-state index in [1.54, 1.807) is 18.9 Å². The topological polar surface area (TPSA) is 66.9 Å². The van der Waals surface area contributed by atoms with E-state index in [2.05, 4.69) is 0 Å². The fourth-order valence-electron chi connectivity index (χ4n) is 2.96. The number of amides is 2. The molecule has 0 N–H and O–H groups in total. The Bertz CT molecular complexity index is 413. The van der Waals surface area contributed by atoms with Crippen LogP contribution in [0, 0.1) is 11.8 Å². The number of hydrogen-bond acceptors (Lipinski definition) is 4. The van der Waals surface area contributed by atoms with E-state index in [0.717, 1.165) is 12.8 Å². The first kappa shape index (κ1) is 19.5. The van der Waals surface area contributed by atoms with Crippen LogP contribution in [0.25, 0.3) is 0 Å². The minimum Gasteiger partial charge on any atom is -0.466 e. The summed E-state index contributed by atoms with van der Waals surface area (Å²) in [7, 11) is 1.68. The molecule has 1 aliphatic heterocycles. The highest BCUT2D eigenvalue weighted by Crippen LogP contribution is 2.19. The Labute approximate surface area is 139 Å². The van der Waals surface area contributed by atoms with Gasteiger partial charge in [-0.3, -0.25) is 14.4 Å². The van der Waals surface area contributed by atoms with Gasteiger partial charge in [0, 0.05) is 26.1 Å². The fraction of sp³-hybridized carbons (Fsp3) is 0.824. The van der Waals surface area contributed by atoms with Crippen LogP contribution in [0.4, 0.5) is 0 Å². The van der Waals surface area contributed by atoms with Crippen molar-refractivity contribution in [2.45, 2.75) is 46.5 Å². The summed E-state index contributed by atoms with van der Waals surface area (Å²) in [5.74, 6) is -0.301. The fourth-order valence-corrected chi connectivity index (χ4v) is 2.96. The van der Waals surface area contributed by atoms with Crippen molar-refractivity contribution in [1.82, 2.24) is 9.80 Å². The third-order valence-corrected chi connectivity index (χ3v) is 4.55. The van der Waals surface area contributed by atoms with Gasteiger partial charge >= 0.3 is 5.97 Å². The van der Waals surface area contributed by atoms with Crippen LogP contribution in [-0.4, -0.2) is 60.9 Å². The average Bonchev–Trinajstić information content (AvgIpc) is 2.56. The van der Waals surface area contributed by atoms with E-state index in [-0.39, 0.29) is 36.2 Å². The summed E-state index contributed by atoms with van der Waals surface area (Å²) in [6, 6.07) is 0. The molecule has 6 nitrogen and oxygen atoms in total. The minimum atomic E-state index is -0.166. The van der Waals surface area contributed by atoms with Gasteiger partial charge in [0.15, 0.2) is 0 Å². The molecule has 1 aliphatic rings. The molecule has 6 heteroatoms. The maximum absolute atomic E-state index is 12.3. The molecule has 0 atom stereocenters. The molecular weight excluding hydrogens is 296 g/mol. The second kappa shape index (κ2) is 9.53. The lowest BCUT2D eigenvalue weighted by Gasteiger charge is -2.32. The van der Waals surface area contributed by atoms with Gasteiger partial charge < -0.3 is 14.5 Å². The summed E-state index contributed by atoms with van der Waals surface area (Å²) < 4.78 is 5.03. The monoisotopic (exact) mass is 326 g/mol. The van der Waals surface area contributed by atoms with Gasteiger partial charge in [-0.05, 0) is 32.6 Å². The van der Waals surface area contributed by atoms with E-state index in [0.29, 0.717) is 32.5 Å². The summed E-state index contributed by atoms with van der Waals surface area (Å²) in [5.41, 5.74) is 0. The van der Waals surface area contributed by atoms with Crippen LogP contribution in [0.2, 0.25) is 0 Å². The normalized spacial score (nSPS) is 15.6. The number of piperidine rings is 1. The Morgan fingerprint density at radius 2 is 1.70 bits per heavy atom. The zero-order chi connectivity index (χ0) is 17.4. The Morgan fingerprint density at radius 1 is 1.13 bits per heavy atom. The smallest absolute Gasteiger partial charge is 0.309 e. The first-order valence-corrected chi connectivity index (χ1v) is 8.63. The molecule has 0 bridgehead atoms. The van der Waals surface area contributed by atoms with Gasteiger partial charge in [-0.15, -0.1) is 0 Å². The van der Waals surface area contributed by atoms with E-state index >= 15 is 0 Å². The Hall–Kier alpha value is -1.59. The highest BCUT2D eigenvalue weighted by Gasteiger charge is 2.29. The first-order valence-electron chi connectivity index (χ1n) is 8.63. The lowest BCUT2D eigenvalue weighted by atomic mass is 9.97. The van der Waals surface area contributed by atoms with Crippen molar-refractivity contribution >= 4 is 17.8 Å². The third-order valence-electron chi connectivity index (χ3n) is 4.55. The van der Waals surface area contributed by atoms with Crippen molar-refractivity contribution in [3.8, 4) is 0 Å². The second-order valence-electron chi connectivity index (χ2n) is 6.11. The number of likely N-dealkylation sites (N-methyl/N-ethyl adjacent to an activating group) is 1. The molecule has 0 spiro atoms. The number of carbonyl (C=O) groups excluding carboxylic acids is 3. The van der Waals surface area contributed by atoms with Gasteiger partial charge in [-0.2, -0.15) is 0 Å². The SMILES string of the molecule is CCOC(=O)C1CCN(C(=O)CN(C)C(=O)C(CC)CC)CC1. The quantitative estimate of drug-likeness (QED) is 0.668. The predicted molar refractivity (Wildman–Crippen MR) is 87.6 cm³/mol. The highest BCUT2D eigenvalue weighted by atomic mass is 16.5. The lowest BCUT2D eigenvalue weighted by molar-refractivity contribution is -0.151. The standard InChI is InChI=1S/C17H30N2O4/c1-5-13(6-2)16(21)18(4)12-15(20)19-10-8-14(9-11-19)17(22)23-7-3/h13-14H,5-12H2,1-4H3. The van der Waals surface area contributed by atoms with Crippen molar-refractivity contribution in [2.75, 3.05) is 33.3 Å². The van der Waals surface area contributed by atoms with Crippen LogP contribution in [0.5, 0.6) is 0 Å². The van der Waals surface area contributed by atoms with E-state index in [1.165, 1.54) is 4.90 Å². The molecule has 2 amide bonds. The second-order valence-corrected chi connectivity index (χ2v) is 6.11. The minimum absolute atomic E-state index is 0.0117. The molecule has 1 rings (SSSR count). The average molecular weight is 326 g/mol. The van der Waals surface area contributed by atoms with Crippen LogP contribution < -0.4 is 0 Å². The van der Waals surface area contributed by atoms with Gasteiger partial charge in [-0.1, -0.05) is 13.8 Å². The zero-order valence-electron chi connectivity index (χ0n) is 14.8. The molecule has 1 saturated heterocycles. The van der Waals surface area contributed by atoms with Crippen LogP contribution >= 0.6 is 0 Å². The molecular formula is C17H30N2O4. The number of esters is 1. The van der Waals surface area contributed by atoms with E-state index in [4.69, 9.17) is 4.74 Å². The molecule has 0 aliphatic carbocycles. The largest absolute Gasteiger partial charge is 0.466 e. The van der Waals surface area contributed by atoms with E-state index in [1.807, 2.05) is 13.8 Å². The Balaban J connectivity index is 2.45. The number of likely N-dealkylation sites (tertiary alicyclic amines) is 1. The molecule has 0 aromatic carbocycles. The van der Waals surface area contributed by atoms with Crippen molar-refractivity contribution in [3.05, 3.63) is 0 Å². The zero-order valence-corrected chi connectivity index (χ0v) is 14.8. The summed E-state index contributed by atoms with van der Waals surface area (Å²) in [5, 5.41) is 0. The lowest BCUT2D eigenvalue weighted by Crippen LogP contribution is -2.46. The Kier molecular flexibility index (Phi) is 8.06. The molecule has 0 aromatic rings. The van der Waals surface area contributed by atoms with Crippen molar-refractivity contribution in [2.24, 2.45) is 11.8 Å². The number of ether oxygens (including phenoxy) is 1. The summed E-state index contributed by atoms with van der Waals surface area (Å²) in [6.07, 6.45) is 2.85. The van der Waals surface area contributed by atoms with Crippen LogP contribution in [0.3, 0.4) is 0 Å². The van der Waals surface area contributed by atoms with Crippen LogP contribution in [0.15, 0.2) is 0 Å². The van der Waals surface area contributed by atoms with Gasteiger partial charge in [-0.25, -0.2) is 0 Å². The first-order chi connectivity index (χ1) is 10.9. The number of nitrogens with zero attached hydrogens (tertiary/aromatic N) is 2. The van der Waals surface area contributed by atoms with Crippen molar-refractivity contribution < 1.29 is 19.1 Å². The maximum atomic E-state index is 12.3. The molecule has 0 unspecified atom stereocenters. The number of rotatable bonds is 7. The van der Waals surface area contributed by atoms with Gasteiger partial charge in [0.25, 0.3) is 0 Å². The molecule has 0 saturated carbocycles. The molecule has 1 fully saturated rings.